The fourth-order valence-electron chi connectivity index (χ4n) is 2.72. The van der Waals surface area contributed by atoms with Crippen LogP contribution in [0.2, 0.25) is 0 Å². The number of benzene rings is 2. The average molecular weight is 368 g/mol. The highest BCUT2D eigenvalue weighted by Crippen LogP contribution is 2.22. The SMILES string of the molecule is O=C(NCc1ccccc1)[C@H](Cc1ccccc1)NC(=O)[C@H]1O[C@@H]1C(=O)O. The van der Waals surface area contributed by atoms with Gasteiger partial charge in [0.25, 0.3) is 5.91 Å². The minimum Gasteiger partial charge on any atom is -0.479 e. The highest BCUT2D eigenvalue weighted by Gasteiger charge is 2.51. The zero-order chi connectivity index (χ0) is 19.2. The largest absolute Gasteiger partial charge is 0.479 e. The topological polar surface area (TPSA) is 108 Å². The van der Waals surface area contributed by atoms with Crippen LogP contribution in [0.4, 0.5) is 0 Å². The number of nitrogens with one attached hydrogen (secondary N) is 2. The van der Waals surface area contributed by atoms with Gasteiger partial charge in [-0.3, -0.25) is 9.59 Å². The number of epoxide rings is 1. The third-order valence-electron chi connectivity index (χ3n) is 4.22. The van der Waals surface area contributed by atoms with Crippen LogP contribution in [-0.4, -0.2) is 41.1 Å². The van der Waals surface area contributed by atoms with Crippen LogP contribution in [0.25, 0.3) is 0 Å². The summed E-state index contributed by atoms with van der Waals surface area (Å²) in [6.45, 7) is 0.332. The van der Waals surface area contributed by atoms with Crippen molar-refractivity contribution in [2.24, 2.45) is 0 Å². The first kappa shape index (κ1) is 18.6. The van der Waals surface area contributed by atoms with E-state index in [-0.39, 0.29) is 12.3 Å². The van der Waals surface area contributed by atoms with Crippen molar-refractivity contribution in [2.75, 3.05) is 0 Å². The summed E-state index contributed by atoms with van der Waals surface area (Å²) >= 11 is 0. The van der Waals surface area contributed by atoms with E-state index in [9.17, 15) is 14.4 Å². The van der Waals surface area contributed by atoms with Gasteiger partial charge in [0.15, 0.2) is 12.2 Å². The maximum Gasteiger partial charge on any atom is 0.336 e. The monoisotopic (exact) mass is 368 g/mol. The molecule has 1 aliphatic rings. The molecule has 0 aliphatic carbocycles. The van der Waals surface area contributed by atoms with Crippen molar-refractivity contribution in [1.82, 2.24) is 10.6 Å². The Kier molecular flexibility index (Phi) is 5.83. The van der Waals surface area contributed by atoms with E-state index >= 15 is 0 Å². The van der Waals surface area contributed by atoms with Crippen LogP contribution >= 0.6 is 0 Å². The molecule has 3 N–H and O–H groups in total. The molecule has 1 fully saturated rings. The first-order valence-electron chi connectivity index (χ1n) is 8.59. The van der Waals surface area contributed by atoms with Crippen molar-refractivity contribution in [1.29, 1.82) is 0 Å². The lowest BCUT2D eigenvalue weighted by molar-refractivity contribution is -0.138. The number of hydrogen-bond acceptors (Lipinski definition) is 4. The Morgan fingerprint density at radius 1 is 0.926 bits per heavy atom. The second kappa shape index (κ2) is 8.46. The minimum atomic E-state index is -1.19. The molecule has 3 atom stereocenters. The molecule has 2 aromatic rings. The van der Waals surface area contributed by atoms with E-state index in [1.54, 1.807) is 0 Å². The van der Waals surface area contributed by atoms with Crippen LogP contribution < -0.4 is 10.6 Å². The molecule has 2 amide bonds. The molecular formula is C20H20N2O5. The van der Waals surface area contributed by atoms with Gasteiger partial charge in [-0.05, 0) is 11.1 Å². The average Bonchev–Trinajstić information content (AvgIpc) is 3.48. The predicted octanol–water partition coefficient (Wildman–Crippen LogP) is 0.882. The van der Waals surface area contributed by atoms with Gasteiger partial charge >= 0.3 is 5.97 Å². The van der Waals surface area contributed by atoms with Crippen molar-refractivity contribution >= 4 is 17.8 Å². The van der Waals surface area contributed by atoms with E-state index in [2.05, 4.69) is 10.6 Å². The Bertz CT molecular complexity index is 810. The number of carbonyl (C=O) groups excluding carboxylic acids is 2. The number of amides is 2. The predicted molar refractivity (Wildman–Crippen MR) is 96.7 cm³/mol. The molecular weight excluding hydrogens is 348 g/mol. The van der Waals surface area contributed by atoms with Gasteiger partial charge in [0.1, 0.15) is 6.04 Å². The summed E-state index contributed by atoms with van der Waals surface area (Å²) in [5, 5.41) is 14.3. The quantitative estimate of drug-likeness (QED) is 0.600. The molecule has 1 aliphatic heterocycles. The normalized spacial score (nSPS) is 19.0. The first-order chi connectivity index (χ1) is 13.0. The standard InChI is InChI=1S/C20H20N2O5/c23-18(21-12-14-9-5-2-6-10-14)15(11-13-7-3-1-4-8-13)22-19(24)16-17(27-16)20(25)26/h1-10,15-17H,11-12H2,(H,21,23)(H,22,24)(H,25,26)/t15-,16-,17-/m0/s1. The Balaban J connectivity index is 1.64. The molecule has 0 bridgehead atoms. The molecule has 3 rings (SSSR count). The number of carboxylic acid groups (broad SMARTS) is 1. The van der Waals surface area contributed by atoms with Crippen LogP contribution in [0, 0.1) is 0 Å². The lowest BCUT2D eigenvalue weighted by Crippen LogP contribution is -2.49. The zero-order valence-electron chi connectivity index (χ0n) is 14.5. The third kappa shape index (κ3) is 5.15. The lowest BCUT2D eigenvalue weighted by atomic mass is 10.0. The molecule has 0 saturated carbocycles. The van der Waals surface area contributed by atoms with Gasteiger partial charge in [-0.15, -0.1) is 0 Å². The second-order valence-electron chi connectivity index (χ2n) is 6.27. The molecule has 27 heavy (non-hydrogen) atoms. The molecule has 0 spiro atoms. The zero-order valence-corrected chi connectivity index (χ0v) is 14.5. The van der Waals surface area contributed by atoms with Gasteiger partial charge < -0.3 is 20.5 Å². The molecule has 140 valence electrons. The Morgan fingerprint density at radius 2 is 1.52 bits per heavy atom. The molecule has 7 nitrogen and oxygen atoms in total. The van der Waals surface area contributed by atoms with Crippen LogP contribution in [0.5, 0.6) is 0 Å². The fraction of sp³-hybridized carbons (Fsp3) is 0.250. The number of aliphatic carboxylic acids is 1. The second-order valence-corrected chi connectivity index (χ2v) is 6.27. The number of carboxylic acids is 1. The van der Waals surface area contributed by atoms with Gasteiger partial charge in [0.05, 0.1) is 0 Å². The van der Waals surface area contributed by atoms with E-state index in [0.717, 1.165) is 11.1 Å². The highest BCUT2D eigenvalue weighted by atomic mass is 16.6. The van der Waals surface area contributed by atoms with Crippen molar-refractivity contribution in [3.63, 3.8) is 0 Å². The van der Waals surface area contributed by atoms with Gasteiger partial charge in [0.2, 0.25) is 5.91 Å². The van der Waals surface area contributed by atoms with E-state index in [4.69, 9.17) is 9.84 Å². The van der Waals surface area contributed by atoms with E-state index in [1.807, 2.05) is 60.7 Å². The summed E-state index contributed by atoms with van der Waals surface area (Å²) < 4.78 is 4.86. The van der Waals surface area contributed by atoms with Crippen molar-refractivity contribution in [2.45, 2.75) is 31.2 Å². The van der Waals surface area contributed by atoms with Crippen molar-refractivity contribution in [3.8, 4) is 0 Å². The number of ether oxygens (including phenoxy) is 1. The van der Waals surface area contributed by atoms with E-state index in [0.29, 0.717) is 6.54 Å². The van der Waals surface area contributed by atoms with Crippen LogP contribution in [-0.2, 0) is 32.1 Å². The third-order valence-corrected chi connectivity index (χ3v) is 4.22. The summed E-state index contributed by atoms with van der Waals surface area (Å²) in [5.41, 5.74) is 1.82. The molecule has 2 aromatic carbocycles. The summed E-state index contributed by atoms with van der Waals surface area (Å²) in [6, 6.07) is 17.9. The van der Waals surface area contributed by atoms with Crippen molar-refractivity contribution < 1.29 is 24.2 Å². The summed E-state index contributed by atoms with van der Waals surface area (Å²) in [7, 11) is 0. The van der Waals surface area contributed by atoms with Gasteiger partial charge in [-0.25, -0.2) is 4.79 Å². The maximum absolute atomic E-state index is 12.6. The van der Waals surface area contributed by atoms with Crippen molar-refractivity contribution in [3.05, 3.63) is 71.8 Å². The summed E-state index contributed by atoms with van der Waals surface area (Å²) in [6.07, 6.45) is -1.91. The van der Waals surface area contributed by atoms with E-state index in [1.165, 1.54) is 0 Å². The van der Waals surface area contributed by atoms with Gasteiger partial charge in [-0.2, -0.15) is 0 Å². The Hall–Kier alpha value is -3.19. The first-order valence-corrected chi connectivity index (χ1v) is 8.59. The van der Waals surface area contributed by atoms with Gasteiger partial charge in [0, 0.05) is 13.0 Å². The number of rotatable bonds is 8. The van der Waals surface area contributed by atoms with Crippen LogP contribution in [0.3, 0.4) is 0 Å². The summed E-state index contributed by atoms with van der Waals surface area (Å²) in [5.74, 6) is -2.13. The Morgan fingerprint density at radius 3 is 2.07 bits per heavy atom. The van der Waals surface area contributed by atoms with Crippen LogP contribution in [0.1, 0.15) is 11.1 Å². The molecule has 0 radical (unpaired) electrons. The molecule has 0 unspecified atom stereocenters. The molecule has 7 heteroatoms. The van der Waals surface area contributed by atoms with E-state index < -0.39 is 30.1 Å². The smallest absolute Gasteiger partial charge is 0.336 e. The Labute approximate surface area is 156 Å². The maximum atomic E-state index is 12.6. The molecule has 1 saturated heterocycles. The molecule has 0 aromatic heterocycles. The highest BCUT2D eigenvalue weighted by molar-refractivity contribution is 5.95. The summed E-state index contributed by atoms with van der Waals surface area (Å²) in [4.78, 5) is 35.7. The minimum absolute atomic E-state index is 0.289. The number of carbonyl (C=O) groups is 3. The molecule has 1 heterocycles. The van der Waals surface area contributed by atoms with Crippen LogP contribution in [0.15, 0.2) is 60.7 Å². The lowest BCUT2D eigenvalue weighted by Gasteiger charge is -2.18. The fourth-order valence-corrected chi connectivity index (χ4v) is 2.72. The van der Waals surface area contributed by atoms with Gasteiger partial charge in [-0.1, -0.05) is 60.7 Å². The number of hydrogen-bond donors (Lipinski definition) is 3.